The number of rotatable bonds is 5. The lowest BCUT2D eigenvalue weighted by Gasteiger charge is -2.27. The third-order valence-electron chi connectivity index (χ3n) is 7.81. The number of ketones is 1. The summed E-state index contributed by atoms with van der Waals surface area (Å²) in [7, 11) is 0. The number of carbonyl (C=O) groups is 2. The van der Waals surface area contributed by atoms with Gasteiger partial charge in [0.25, 0.3) is 11.7 Å². The number of amides is 1. The molecule has 3 aromatic carbocycles. The molecule has 196 valence electrons. The molecule has 1 amide bonds. The summed E-state index contributed by atoms with van der Waals surface area (Å²) in [5, 5.41) is 11.5. The van der Waals surface area contributed by atoms with E-state index in [2.05, 4.69) is 20.8 Å². The maximum Gasteiger partial charge on any atom is 0.295 e. The fourth-order valence-electron chi connectivity index (χ4n) is 5.56. The predicted molar refractivity (Wildman–Crippen MR) is 147 cm³/mol. The largest absolute Gasteiger partial charge is 0.507 e. The molecule has 1 heterocycles. The number of hydrogen-bond donors (Lipinski definition) is 1. The average molecular weight is 512 g/mol. The number of hydrogen-bond acceptors (Lipinski definition) is 3. The number of halogens is 1. The van der Waals surface area contributed by atoms with E-state index < -0.39 is 17.7 Å². The Balaban J connectivity index is 1.57. The lowest BCUT2D eigenvalue weighted by atomic mass is 9.85. The average Bonchev–Trinajstić information content (AvgIpc) is 3.16. The standard InChI is InChI=1S/C33H34FNO3/c1-33(2,3)26-14-12-23(13-15-26)29-28(30(36)25-11-10-22-6-4-5-7-24(22)20-25)31(37)32(38)35(29)19-18-21-8-16-27(34)17-9-21/h8-17,20,29,36H,4-7,18-19H2,1-3H3/b30-28-. The van der Waals surface area contributed by atoms with Crippen molar-refractivity contribution in [2.75, 3.05) is 6.54 Å². The molecule has 1 unspecified atom stereocenters. The van der Waals surface area contributed by atoms with Crippen LogP contribution in [0.25, 0.3) is 5.76 Å². The molecule has 0 spiro atoms. The summed E-state index contributed by atoms with van der Waals surface area (Å²) in [6.07, 6.45) is 4.68. The molecule has 1 aliphatic heterocycles. The van der Waals surface area contributed by atoms with E-state index in [9.17, 15) is 19.1 Å². The molecule has 0 aromatic heterocycles. The van der Waals surface area contributed by atoms with E-state index in [1.54, 1.807) is 17.0 Å². The van der Waals surface area contributed by atoms with Crippen LogP contribution in [0.15, 0.2) is 72.3 Å². The van der Waals surface area contributed by atoms with E-state index in [4.69, 9.17) is 0 Å². The van der Waals surface area contributed by atoms with Gasteiger partial charge in [-0.3, -0.25) is 9.59 Å². The van der Waals surface area contributed by atoms with Crippen LogP contribution in [0.4, 0.5) is 4.39 Å². The Bertz CT molecular complexity index is 1400. The SMILES string of the molecule is CC(C)(C)c1ccc(C2/C(=C(/O)c3ccc4c(c3)CCCC4)C(=O)C(=O)N2CCc2ccc(F)cc2)cc1. The summed E-state index contributed by atoms with van der Waals surface area (Å²) in [6, 6.07) is 19.2. The van der Waals surface area contributed by atoms with Crippen LogP contribution < -0.4 is 0 Å². The Hall–Kier alpha value is -3.73. The highest BCUT2D eigenvalue weighted by Crippen LogP contribution is 2.40. The molecular weight excluding hydrogens is 477 g/mol. The molecule has 1 atom stereocenters. The summed E-state index contributed by atoms with van der Waals surface area (Å²) < 4.78 is 13.4. The molecule has 5 rings (SSSR count). The molecular formula is C33H34FNO3. The van der Waals surface area contributed by atoms with E-state index in [0.717, 1.165) is 42.4 Å². The van der Waals surface area contributed by atoms with Crippen molar-refractivity contribution >= 4 is 17.4 Å². The summed E-state index contributed by atoms with van der Waals surface area (Å²) in [6.45, 7) is 6.66. The molecule has 1 saturated heterocycles. The summed E-state index contributed by atoms with van der Waals surface area (Å²) >= 11 is 0. The Labute approximate surface area is 223 Å². The van der Waals surface area contributed by atoms with Gasteiger partial charge in [-0.15, -0.1) is 0 Å². The number of aryl methyl sites for hydroxylation is 2. The molecule has 1 N–H and O–H groups in total. The lowest BCUT2D eigenvalue weighted by Crippen LogP contribution is -2.31. The highest BCUT2D eigenvalue weighted by molar-refractivity contribution is 6.46. The van der Waals surface area contributed by atoms with Gasteiger partial charge in [0.05, 0.1) is 11.6 Å². The van der Waals surface area contributed by atoms with Gasteiger partial charge in [0, 0.05) is 12.1 Å². The zero-order valence-corrected chi connectivity index (χ0v) is 22.3. The third-order valence-corrected chi connectivity index (χ3v) is 7.81. The van der Waals surface area contributed by atoms with Crippen molar-refractivity contribution in [1.82, 2.24) is 4.90 Å². The minimum Gasteiger partial charge on any atom is -0.507 e. The van der Waals surface area contributed by atoms with Gasteiger partial charge in [0.15, 0.2) is 0 Å². The van der Waals surface area contributed by atoms with Gasteiger partial charge in [-0.1, -0.05) is 69.3 Å². The molecule has 4 nitrogen and oxygen atoms in total. The highest BCUT2D eigenvalue weighted by Gasteiger charge is 2.46. The maximum atomic E-state index is 13.4. The molecule has 1 aliphatic carbocycles. The Kier molecular flexibility index (Phi) is 6.95. The minimum atomic E-state index is -0.708. The Morgan fingerprint density at radius 3 is 2.24 bits per heavy atom. The molecule has 0 radical (unpaired) electrons. The predicted octanol–water partition coefficient (Wildman–Crippen LogP) is 6.67. The Morgan fingerprint density at radius 1 is 0.921 bits per heavy atom. The van der Waals surface area contributed by atoms with Gasteiger partial charge >= 0.3 is 0 Å². The van der Waals surface area contributed by atoms with Crippen molar-refractivity contribution in [2.24, 2.45) is 0 Å². The number of nitrogens with zero attached hydrogens (tertiary/aromatic N) is 1. The minimum absolute atomic E-state index is 0.0495. The first-order chi connectivity index (χ1) is 18.1. The zero-order chi connectivity index (χ0) is 27.0. The van der Waals surface area contributed by atoms with Gasteiger partial charge < -0.3 is 10.0 Å². The second-order valence-corrected chi connectivity index (χ2v) is 11.4. The van der Waals surface area contributed by atoms with Crippen molar-refractivity contribution in [3.8, 4) is 0 Å². The third kappa shape index (κ3) is 5.02. The van der Waals surface area contributed by atoms with Crippen LogP contribution in [-0.2, 0) is 34.3 Å². The number of fused-ring (bicyclic) bond motifs is 1. The van der Waals surface area contributed by atoms with Gasteiger partial charge in [-0.05, 0) is 83.5 Å². The van der Waals surface area contributed by atoms with E-state index in [0.29, 0.717) is 12.0 Å². The van der Waals surface area contributed by atoms with Crippen LogP contribution in [0.1, 0.15) is 73.0 Å². The number of benzene rings is 3. The van der Waals surface area contributed by atoms with Crippen LogP contribution in [0.2, 0.25) is 0 Å². The highest BCUT2D eigenvalue weighted by atomic mass is 19.1. The van der Waals surface area contributed by atoms with Crippen LogP contribution in [0.3, 0.4) is 0 Å². The smallest absolute Gasteiger partial charge is 0.295 e. The topological polar surface area (TPSA) is 57.6 Å². The molecule has 2 aliphatic rings. The Morgan fingerprint density at radius 2 is 1.58 bits per heavy atom. The summed E-state index contributed by atoms with van der Waals surface area (Å²) in [4.78, 5) is 28.3. The summed E-state index contributed by atoms with van der Waals surface area (Å²) in [5.41, 5.74) is 5.89. The van der Waals surface area contributed by atoms with Crippen LogP contribution in [-0.4, -0.2) is 28.2 Å². The molecule has 5 heteroatoms. The number of Topliss-reactive ketones (excluding diaryl/α,β-unsaturated/α-hetero) is 1. The van der Waals surface area contributed by atoms with Crippen molar-refractivity contribution in [3.63, 3.8) is 0 Å². The summed E-state index contributed by atoms with van der Waals surface area (Å²) in [5.74, 6) is -1.76. The fraction of sp³-hybridized carbons (Fsp3) is 0.333. The molecule has 0 saturated carbocycles. The van der Waals surface area contributed by atoms with Gasteiger partial charge in [-0.25, -0.2) is 4.39 Å². The van der Waals surface area contributed by atoms with Gasteiger partial charge in [-0.2, -0.15) is 0 Å². The monoisotopic (exact) mass is 511 g/mol. The number of aliphatic hydroxyl groups is 1. The fourth-order valence-corrected chi connectivity index (χ4v) is 5.56. The molecule has 3 aromatic rings. The van der Waals surface area contributed by atoms with Crippen molar-refractivity contribution < 1.29 is 19.1 Å². The molecule has 1 fully saturated rings. The number of carbonyl (C=O) groups excluding carboxylic acids is 2. The lowest BCUT2D eigenvalue weighted by molar-refractivity contribution is -0.139. The number of aliphatic hydroxyl groups excluding tert-OH is 1. The second kappa shape index (κ2) is 10.2. The molecule has 38 heavy (non-hydrogen) atoms. The number of likely N-dealkylation sites (tertiary alicyclic amines) is 1. The van der Waals surface area contributed by atoms with Gasteiger partial charge in [0.1, 0.15) is 11.6 Å². The van der Waals surface area contributed by atoms with Crippen LogP contribution in [0, 0.1) is 5.82 Å². The van der Waals surface area contributed by atoms with Crippen molar-refractivity contribution in [2.45, 2.75) is 64.3 Å². The molecule has 0 bridgehead atoms. The van der Waals surface area contributed by atoms with E-state index >= 15 is 0 Å². The first kappa shape index (κ1) is 25.9. The maximum absolute atomic E-state index is 13.4. The van der Waals surface area contributed by atoms with Crippen molar-refractivity contribution in [1.29, 1.82) is 0 Å². The van der Waals surface area contributed by atoms with Crippen LogP contribution >= 0.6 is 0 Å². The van der Waals surface area contributed by atoms with E-state index in [1.165, 1.54) is 23.3 Å². The zero-order valence-electron chi connectivity index (χ0n) is 22.3. The van der Waals surface area contributed by atoms with E-state index in [-0.39, 0.29) is 29.1 Å². The second-order valence-electron chi connectivity index (χ2n) is 11.4. The van der Waals surface area contributed by atoms with Gasteiger partial charge in [0.2, 0.25) is 0 Å². The van der Waals surface area contributed by atoms with Crippen molar-refractivity contribution in [3.05, 3.63) is 112 Å². The first-order valence-corrected chi connectivity index (χ1v) is 13.4. The van der Waals surface area contributed by atoms with Crippen LogP contribution in [0.5, 0.6) is 0 Å². The normalized spacial score (nSPS) is 19.1. The quantitative estimate of drug-likeness (QED) is 0.237. The van der Waals surface area contributed by atoms with E-state index in [1.807, 2.05) is 42.5 Å². The first-order valence-electron chi connectivity index (χ1n) is 13.4.